The zero-order chi connectivity index (χ0) is 14.5. The van der Waals surface area contributed by atoms with Gasteiger partial charge in [0.25, 0.3) is 0 Å². The number of anilines is 1. The predicted molar refractivity (Wildman–Crippen MR) is 72.7 cm³/mol. The summed E-state index contributed by atoms with van der Waals surface area (Å²) in [6, 6.07) is 4.68. The summed E-state index contributed by atoms with van der Waals surface area (Å²) < 4.78 is 10.4. The van der Waals surface area contributed by atoms with Gasteiger partial charge in [0.05, 0.1) is 12.6 Å². The van der Waals surface area contributed by atoms with Gasteiger partial charge in [-0.25, -0.2) is 0 Å². The average molecular weight is 279 g/mol. The van der Waals surface area contributed by atoms with E-state index in [0.29, 0.717) is 17.2 Å². The van der Waals surface area contributed by atoms with Crippen LogP contribution in [-0.4, -0.2) is 38.2 Å². The highest BCUT2D eigenvalue weighted by molar-refractivity contribution is 5.95. The van der Waals surface area contributed by atoms with E-state index in [1.807, 2.05) is 0 Å². The molecule has 1 heterocycles. The molecule has 0 bridgehead atoms. The van der Waals surface area contributed by atoms with Gasteiger partial charge < -0.3 is 20.1 Å². The molecule has 2 amide bonds. The molecule has 0 fully saturated rings. The zero-order valence-electron chi connectivity index (χ0n) is 11.4. The molecule has 0 spiro atoms. The lowest BCUT2D eigenvalue weighted by atomic mass is 10.2. The second kappa shape index (κ2) is 6.25. The van der Waals surface area contributed by atoms with Crippen LogP contribution in [0.4, 0.5) is 5.69 Å². The Labute approximate surface area is 116 Å². The smallest absolute Gasteiger partial charge is 0.241 e. The standard InChI is InChI=1S/C13H17N3O4/c1-8(15-6-12(17)14-2)13(18)16-9-3-4-10-11(5-9)20-7-19-10/h3-5,8,15H,6-7H2,1-2H3,(H,14,17)(H,16,18)/t8-/m1/s1. The fourth-order valence-electron chi connectivity index (χ4n) is 1.65. The Hall–Kier alpha value is -2.28. The third kappa shape index (κ3) is 3.39. The van der Waals surface area contributed by atoms with Crippen LogP contribution in [0, 0.1) is 0 Å². The van der Waals surface area contributed by atoms with Crippen molar-refractivity contribution in [1.82, 2.24) is 10.6 Å². The van der Waals surface area contributed by atoms with Crippen LogP contribution in [0.3, 0.4) is 0 Å². The third-order valence-electron chi connectivity index (χ3n) is 2.88. The molecule has 1 aromatic carbocycles. The van der Waals surface area contributed by atoms with Crippen LogP contribution in [0.5, 0.6) is 11.5 Å². The van der Waals surface area contributed by atoms with Gasteiger partial charge in [0, 0.05) is 18.8 Å². The highest BCUT2D eigenvalue weighted by atomic mass is 16.7. The van der Waals surface area contributed by atoms with Crippen LogP contribution in [0.1, 0.15) is 6.92 Å². The average Bonchev–Trinajstić information content (AvgIpc) is 2.91. The summed E-state index contributed by atoms with van der Waals surface area (Å²) in [5.41, 5.74) is 0.618. The topological polar surface area (TPSA) is 88.7 Å². The maximum Gasteiger partial charge on any atom is 0.241 e. The van der Waals surface area contributed by atoms with Gasteiger partial charge in [-0.3, -0.25) is 14.9 Å². The summed E-state index contributed by atoms with van der Waals surface area (Å²) in [5, 5.41) is 8.04. The highest BCUT2D eigenvalue weighted by Gasteiger charge is 2.17. The van der Waals surface area contributed by atoms with Crippen LogP contribution < -0.4 is 25.4 Å². The van der Waals surface area contributed by atoms with Crippen molar-refractivity contribution in [2.45, 2.75) is 13.0 Å². The molecule has 2 rings (SSSR count). The van der Waals surface area contributed by atoms with Gasteiger partial charge in [-0.1, -0.05) is 0 Å². The van der Waals surface area contributed by atoms with E-state index in [1.165, 1.54) is 0 Å². The van der Waals surface area contributed by atoms with Crippen molar-refractivity contribution in [3.05, 3.63) is 18.2 Å². The molecule has 0 aromatic heterocycles. The van der Waals surface area contributed by atoms with Crippen LogP contribution >= 0.6 is 0 Å². The lowest BCUT2D eigenvalue weighted by Crippen LogP contribution is -2.42. The molecular weight excluding hydrogens is 262 g/mol. The number of hydrogen-bond acceptors (Lipinski definition) is 5. The molecular formula is C13H17N3O4. The number of rotatable bonds is 5. The largest absolute Gasteiger partial charge is 0.454 e. The number of ether oxygens (including phenoxy) is 2. The first kappa shape index (κ1) is 14.1. The van der Waals surface area contributed by atoms with Gasteiger partial charge >= 0.3 is 0 Å². The molecule has 1 aliphatic heterocycles. The van der Waals surface area contributed by atoms with Gasteiger partial charge in [0.15, 0.2) is 11.5 Å². The van der Waals surface area contributed by atoms with E-state index in [-0.39, 0.29) is 25.2 Å². The Morgan fingerprint density at radius 2 is 2.05 bits per heavy atom. The molecule has 1 aliphatic rings. The molecule has 0 unspecified atom stereocenters. The van der Waals surface area contributed by atoms with Crippen LogP contribution in [0.2, 0.25) is 0 Å². The van der Waals surface area contributed by atoms with Gasteiger partial charge in [-0.2, -0.15) is 0 Å². The first-order valence-electron chi connectivity index (χ1n) is 6.24. The van der Waals surface area contributed by atoms with E-state index < -0.39 is 6.04 Å². The minimum absolute atomic E-state index is 0.0895. The second-order valence-electron chi connectivity index (χ2n) is 4.33. The van der Waals surface area contributed by atoms with Crippen LogP contribution in [0.25, 0.3) is 0 Å². The van der Waals surface area contributed by atoms with Crippen molar-refractivity contribution in [3.63, 3.8) is 0 Å². The second-order valence-corrected chi connectivity index (χ2v) is 4.33. The molecule has 0 saturated carbocycles. The number of carbonyl (C=O) groups excluding carboxylic acids is 2. The minimum Gasteiger partial charge on any atom is -0.454 e. The molecule has 0 aliphatic carbocycles. The fourth-order valence-corrected chi connectivity index (χ4v) is 1.65. The minimum atomic E-state index is -0.488. The number of amides is 2. The van der Waals surface area contributed by atoms with Gasteiger partial charge in [-0.15, -0.1) is 0 Å². The molecule has 0 saturated heterocycles. The Morgan fingerprint density at radius 3 is 2.80 bits per heavy atom. The number of carbonyl (C=O) groups is 2. The quantitative estimate of drug-likeness (QED) is 0.710. The Balaban J connectivity index is 1.89. The lowest BCUT2D eigenvalue weighted by molar-refractivity contribution is -0.120. The van der Waals surface area contributed by atoms with Crippen molar-refractivity contribution in [1.29, 1.82) is 0 Å². The summed E-state index contributed by atoms with van der Waals surface area (Å²) >= 11 is 0. The Kier molecular flexibility index (Phi) is 4.41. The maximum absolute atomic E-state index is 11.9. The van der Waals surface area contributed by atoms with Crippen molar-refractivity contribution < 1.29 is 19.1 Å². The van der Waals surface area contributed by atoms with Crippen LogP contribution in [-0.2, 0) is 9.59 Å². The van der Waals surface area contributed by atoms with Crippen molar-refractivity contribution in [2.75, 3.05) is 25.7 Å². The molecule has 108 valence electrons. The first-order chi connectivity index (χ1) is 9.60. The summed E-state index contributed by atoms with van der Waals surface area (Å²) in [7, 11) is 1.54. The summed E-state index contributed by atoms with van der Waals surface area (Å²) in [6.45, 7) is 1.97. The molecule has 1 atom stereocenters. The molecule has 1 aromatic rings. The number of nitrogens with one attached hydrogen (secondary N) is 3. The number of likely N-dealkylation sites (N-methyl/N-ethyl adjacent to an activating group) is 1. The number of benzene rings is 1. The first-order valence-corrected chi connectivity index (χ1v) is 6.24. The Bertz CT molecular complexity index is 518. The van der Waals surface area contributed by atoms with E-state index in [4.69, 9.17) is 9.47 Å². The van der Waals surface area contributed by atoms with E-state index in [0.717, 1.165) is 0 Å². The van der Waals surface area contributed by atoms with E-state index in [2.05, 4.69) is 16.0 Å². The Morgan fingerprint density at radius 1 is 1.30 bits per heavy atom. The monoisotopic (exact) mass is 279 g/mol. The lowest BCUT2D eigenvalue weighted by Gasteiger charge is -2.13. The third-order valence-corrected chi connectivity index (χ3v) is 2.88. The summed E-state index contributed by atoms with van der Waals surface area (Å²) in [4.78, 5) is 23.0. The van der Waals surface area contributed by atoms with E-state index in [1.54, 1.807) is 32.2 Å². The van der Waals surface area contributed by atoms with Gasteiger partial charge in [-0.05, 0) is 19.1 Å². The molecule has 7 heteroatoms. The number of fused-ring (bicyclic) bond motifs is 1. The summed E-state index contributed by atoms with van der Waals surface area (Å²) in [6.07, 6.45) is 0. The predicted octanol–water partition coefficient (Wildman–Crippen LogP) is 0.0779. The van der Waals surface area contributed by atoms with Crippen molar-refractivity contribution in [3.8, 4) is 11.5 Å². The van der Waals surface area contributed by atoms with E-state index in [9.17, 15) is 9.59 Å². The molecule has 3 N–H and O–H groups in total. The van der Waals surface area contributed by atoms with E-state index >= 15 is 0 Å². The fraction of sp³-hybridized carbons (Fsp3) is 0.385. The molecule has 20 heavy (non-hydrogen) atoms. The van der Waals surface area contributed by atoms with Crippen LogP contribution in [0.15, 0.2) is 18.2 Å². The molecule has 7 nitrogen and oxygen atoms in total. The zero-order valence-corrected chi connectivity index (χ0v) is 11.4. The molecule has 0 radical (unpaired) electrons. The van der Waals surface area contributed by atoms with Gasteiger partial charge in [0.1, 0.15) is 0 Å². The van der Waals surface area contributed by atoms with Crippen molar-refractivity contribution >= 4 is 17.5 Å². The normalized spacial score (nSPS) is 13.7. The highest BCUT2D eigenvalue weighted by Crippen LogP contribution is 2.34. The van der Waals surface area contributed by atoms with Crippen molar-refractivity contribution in [2.24, 2.45) is 0 Å². The van der Waals surface area contributed by atoms with Gasteiger partial charge in [0.2, 0.25) is 18.6 Å². The maximum atomic E-state index is 11.9. The summed E-state index contributed by atoms with van der Waals surface area (Å²) in [5.74, 6) is 0.864. The number of hydrogen-bond donors (Lipinski definition) is 3. The SMILES string of the molecule is CNC(=O)CN[C@H](C)C(=O)Nc1ccc2c(c1)OCO2.